The number of para-hydroxylation sites is 1. The number of aromatic nitrogens is 3. The number of nitrogens with zero attached hydrogens (tertiary/aromatic N) is 2. The Hall–Kier alpha value is -2.89. The molecule has 0 spiro atoms. The number of nitrogens with one attached hydrogen (secondary N) is 2. The van der Waals surface area contributed by atoms with Gasteiger partial charge in [-0.1, -0.05) is 12.1 Å². The second kappa shape index (κ2) is 4.41. The number of nitrogens with two attached hydrogens (primary N) is 1. The number of hydrogen-bond donors (Lipinski definition) is 3. The number of fused-ring (bicyclic) bond motifs is 1. The molecule has 0 aliphatic rings. The van der Waals surface area contributed by atoms with Gasteiger partial charge in [0, 0.05) is 17.8 Å². The smallest absolute Gasteiger partial charge is 0.274 e. The van der Waals surface area contributed by atoms with E-state index in [1.165, 1.54) is 0 Å². The van der Waals surface area contributed by atoms with Crippen molar-refractivity contribution < 1.29 is 4.79 Å². The number of benzene rings is 1. The number of rotatable bonds is 2. The lowest BCUT2D eigenvalue weighted by molar-refractivity contribution is 0.102. The topological polar surface area (TPSA) is 96.7 Å². The highest BCUT2D eigenvalue weighted by atomic mass is 16.2. The van der Waals surface area contributed by atoms with Crippen molar-refractivity contribution in [3.8, 4) is 0 Å². The van der Waals surface area contributed by atoms with Crippen molar-refractivity contribution in [1.82, 2.24) is 15.0 Å². The molecule has 4 N–H and O–H groups in total. The molecular formula is C13H11N5O. The van der Waals surface area contributed by atoms with E-state index in [-0.39, 0.29) is 11.9 Å². The highest BCUT2D eigenvalue weighted by Gasteiger charge is 2.11. The third-order valence-corrected chi connectivity index (χ3v) is 2.72. The van der Waals surface area contributed by atoms with E-state index in [9.17, 15) is 4.79 Å². The van der Waals surface area contributed by atoms with E-state index in [0.29, 0.717) is 11.4 Å². The minimum absolute atomic E-state index is 0.263. The van der Waals surface area contributed by atoms with Crippen molar-refractivity contribution in [3.05, 3.63) is 48.4 Å². The number of carbonyl (C=O) groups is 1. The molecule has 3 aromatic rings. The van der Waals surface area contributed by atoms with Gasteiger partial charge in [0.25, 0.3) is 5.91 Å². The molecule has 0 aliphatic carbocycles. The van der Waals surface area contributed by atoms with E-state index in [4.69, 9.17) is 5.73 Å². The second-order valence-electron chi connectivity index (χ2n) is 4.02. The molecule has 2 aromatic heterocycles. The molecule has 0 atom stereocenters. The van der Waals surface area contributed by atoms with Gasteiger partial charge in [0.15, 0.2) is 0 Å². The van der Waals surface area contributed by atoms with Gasteiger partial charge in [0.1, 0.15) is 5.69 Å². The summed E-state index contributed by atoms with van der Waals surface area (Å²) in [5.74, 6) is -0.0408. The maximum absolute atomic E-state index is 12.0. The summed E-state index contributed by atoms with van der Waals surface area (Å²) in [5.41, 5.74) is 7.61. The third kappa shape index (κ3) is 2.11. The fourth-order valence-electron chi connectivity index (χ4n) is 1.83. The van der Waals surface area contributed by atoms with Gasteiger partial charge >= 0.3 is 0 Å². The van der Waals surface area contributed by atoms with Gasteiger partial charge < -0.3 is 10.7 Å². The molecule has 1 aromatic carbocycles. The first kappa shape index (κ1) is 11.2. The SMILES string of the molecule is Nc1cccc2cc(C(=O)Nc3ncccn3)[nH]c12. The number of aromatic amines is 1. The normalized spacial score (nSPS) is 10.5. The molecule has 0 unspecified atom stereocenters. The molecule has 2 heterocycles. The van der Waals surface area contributed by atoms with Gasteiger partial charge in [-0.25, -0.2) is 9.97 Å². The van der Waals surface area contributed by atoms with Gasteiger partial charge in [0.2, 0.25) is 5.95 Å². The number of amides is 1. The predicted molar refractivity (Wildman–Crippen MR) is 72.7 cm³/mol. The molecule has 0 fully saturated rings. The monoisotopic (exact) mass is 253 g/mol. The van der Waals surface area contributed by atoms with Crippen LogP contribution in [-0.2, 0) is 0 Å². The summed E-state index contributed by atoms with van der Waals surface area (Å²) in [6.07, 6.45) is 3.12. The lowest BCUT2D eigenvalue weighted by atomic mass is 10.2. The van der Waals surface area contributed by atoms with E-state index >= 15 is 0 Å². The van der Waals surface area contributed by atoms with E-state index < -0.39 is 0 Å². The standard InChI is InChI=1S/C13H11N5O/c14-9-4-1-3-8-7-10(17-11(8)9)12(19)18-13-15-5-2-6-16-13/h1-7,17H,14H2,(H,15,16,18,19). The van der Waals surface area contributed by atoms with Crippen LogP contribution in [0.25, 0.3) is 10.9 Å². The Morgan fingerprint density at radius 1 is 1.21 bits per heavy atom. The summed E-state index contributed by atoms with van der Waals surface area (Å²) in [7, 11) is 0. The Morgan fingerprint density at radius 2 is 2.00 bits per heavy atom. The molecule has 0 saturated carbocycles. The zero-order valence-electron chi connectivity index (χ0n) is 9.92. The Balaban J connectivity index is 1.92. The van der Waals surface area contributed by atoms with Crippen LogP contribution in [0, 0.1) is 0 Å². The zero-order valence-corrected chi connectivity index (χ0v) is 9.92. The van der Waals surface area contributed by atoms with Crippen LogP contribution in [0.2, 0.25) is 0 Å². The number of anilines is 2. The first-order valence-electron chi connectivity index (χ1n) is 5.69. The van der Waals surface area contributed by atoms with Crippen molar-refractivity contribution in [2.75, 3.05) is 11.1 Å². The van der Waals surface area contributed by atoms with Gasteiger partial charge in [-0.05, 0) is 18.2 Å². The van der Waals surface area contributed by atoms with Crippen molar-refractivity contribution in [3.63, 3.8) is 0 Å². The highest BCUT2D eigenvalue weighted by Crippen LogP contribution is 2.21. The van der Waals surface area contributed by atoms with E-state index in [0.717, 1.165) is 10.9 Å². The largest absolute Gasteiger partial charge is 0.397 e. The quantitative estimate of drug-likeness (QED) is 0.606. The van der Waals surface area contributed by atoms with Crippen LogP contribution in [0.3, 0.4) is 0 Å². The number of hydrogen-bond acceptors (Lipinski definition) is 4. The minimum Gasteiger partial charge on any atom is -0.397 e. The summed E-state index contributed by atoms with van der Waals surface area (Å²) in [6, 6.07) is 8.93. The van der Waals surface area contributed by atoms with Crippen molar-refractivity contribution in [1.29, 1.82) is 0 Å². The summed E-state index contributed by atoms with van der Waals surface area (Å²) >= 11 is 0. The molecule has 6 nitrogen and oxygen atoms in total. The fourth-order valence-corrected chi connectivity index (χ4v) is 1.83. The van der Waals surface area contributed by atoms with E-state index in [2.05, 4.69) is 20.3 Å². The third-order valence-electron chi connectivity index (χ3n) is 2.72. The molecule has 0 saturated heterocycles. The molecule has 0 aliphatic heterocycles. The molecule has 0 radical (unpaired) electrons. The summed E-state index contributed by atoms with van der Waals surface area (Å²) in [6.45, 7) is 0. The molecule has 1 amide bonds. The summed E-state index contributed by atoms with van der Waals surface area (Å²) in [5, 5.41) is 3.49. The van der Waals surface area contributed by atoms with Gasteiger partial charge in [0.05, 0.1) is 11.2 Å². The van der Waals surface area contributed by atoms with Crippen LogP contribution in [0.1, 0.15) is 10.5 Å². The maximum atomic E-state index is 12.0. The van der Waals surface area contributed by atoms with Crippen LogP contribution < -0.4 is 11.1 Å². The lowest BCUT2D eigenvalue weighted by Gasteiger charge is -2.00. The average Bonchev–Trinajstić information content (AvgIpc) is 2.85. The molecule has 94 valence electrons. The van der Waals surface area contributed by atoms with Crippen LogP contribution in [0.15, 0.2) is 42.7 Å². The number of H-pyrrole nitrogens is 1. The molecule has 0 bridgehead atoms. The first-order chi connectivity index (χ1) is 9.24. The Labute approximate surface area is 108 Å². The van der Waals surface area contributed by atoms with Crippen LogP contribution >= 0.6 is 0 Å². The maximum Gasteiger partial charge on any atom is 0.274 e. The molecule has 6 heteroatoms. The Morgan fingerprint density at radius 3 is 2.74 bits per heavy atom. The van der Waals surface area contributed by atoms with Gasteiger partial charge in [-0.2, -0.15) is 0 Å². The zero-order chi connectivity index (χ0) is 13.2. The van der Waals surface area contributed by atoms with Gasteiger partial charge in [-0.3, -0.25) is 10.1 Å². The fraction of sp³-hybridized carbons (Fsp3) is 0. The molecule has 3 rings (SSSR count). The Kier molecular flexibility index (Phi) is 2.60. The number of carbonyl (C=O) groups excluding carboxylic acids is 1. The second-order valence-corrected chi connectivity index (χ2v) is 4.02. The highest BCUT2D eigenvalue weighted by molar-refractivity contribution is 6.06. The number of nitrogen functional groups attached to an aromatic ring is 1. The van der Waals surface area contributed by atoms with Crippen LogP contribution in [0.4, 0.5) is 11.6 Å². The molecule has 19 heavy (non-hydrogen) atoms. The lowest BCUT2D eigenvalue weighted by Crippen LogP contribution is -2.14. The first-order valence-corrected chi connectivity index (χ1v) is 5.69. The predicted octanol–water partition coefficient (Wildman–Crippen LogP) is 1.79. The van der Waals surface area contributed by atoms with Gasteiger partial charge in [-0.15, -0.1) is 0 Å². The summed E-state index contributed by atoms with van der Waals surface area (Å²) < 4.78 is 0. The van der Waals surface area contributed by atoms with E-state index in [1.807, 2.05) is 12.1 Å². The van der Waals surface area contributed by atoms with E-state index in [1.54, 1.807) is 30.6 Å². The van der Waals surface area contributed by atoms with Crippen LogP contribution in [-0.4, -0.2) is 20.9 Å². The summed E-state index contributed by atoms with van der Waals surface area (Å²) in [4.78, 5) is 22.9. The van der Waals surface area contributed by atoms with Crippen molar-refractivity contribution in [2.24, 2.45) is 0 Å². The van der Waals surface area contributed by atoms with Crippen molar-refractivity contribution in [2.45, 2.75) is 0 Å². The Bertz CT molecular complexity index is 735. The van der Waals surface area contributed by atoms with Crippen molar-refractivity contribution >= 4 is 28.4 Å². The minimum atomic E-state index is -0.304. The van der Waals surface area contributed by atoms with Crippen LogP contribution in [0.5, 0.6) is 0 Å². The average molecular weight is 253 g/mol. The molecular weight excluding hydrogens is 242 g/mol.